The van der Waals surface area contributed by atoms with Crippen LogP contribution in [-0.2, 0) is 14.3 Å². The van der Waals surface area contributed by atoms with Crippen molar-refractivity contribution >= 4 is 17.6 Å². The summed E-state index contributed by atoms with van der Waals surface area (Å²) >= 11 is 5.82. The summed E-state index contributed by atoms with van der Waals surface area (Å²) in [5, 5.41) is 0.683. The summed E-state index contributed by atoms with van der Waals surface area (Å²) in [7, 11) is 3.05. The molecule has 0 saturated carbocycles. The minimum Gasteiger partial charge on any atom is -0.492 e. The van der Waals surface area contributed by atoms with Crippen molar-refractivity contribution in [2.24, 2.45) is 0 Å². The van der Waals surface area contributed by atoms with Crippen LogP contribution in [0.1, 0.15) is 6.42 Å². The monoisotopic (exact) mass is 315 g/mol. The molecule has 0 saturated heterocycles. The number of ether oxygens (including phenoxy) is 3. The molecule has 5 nitrogen and oxygen atoms in total. The van der Waals surface area contributed by atoms with E-state index in [1.165, 1.54) is 7.11 Å². The quantitative estimate of drug-likeness (QED) is 0.620. The highest BCUT2D eigenvalue weighted by molar-refractivity contribution is 6.30. The van der Waals surface area contributed by atoms with Crippen molar-refractivity contribution in [3.05, 3.63) is 29.3 Å². The molecule has 0 amide bonds. The number of nitrogens with zero attached hydrogens (tertiary/aromatic N) is 1. The number of hydrogen-bond donors (Lipinski definition) is 0. The van der Waals surface area contributed by atoms with Gasteiger partial charge in [0.1, 0.15) is 12.4 Å². The van der Waals surface area contributed by atoms with Crippen molar-refractivity contribution in [1.82, 2.24) is 4.90 Å². The van der Waals surface area contributed by atoms with Crippen molar-refractivity contribution < 1.29 is 19.0 Å². The first-order chi connectivity index (χ1) is 10.2. The standard InChI is InChI=1S/C15H22ClNO4/c1-19-11-9-17(8-7-15(18)20-2)10-12-21-14-5-3-13(16)4-6-14/h3-6H,7-12H2,1-2H3. The summed E-state index contributed by atoms with van der Waals surface area (Å²) in [5.41, 5.74) is 0. The van der Waals surface area contributed by atoms with Crippen LogP contribution in [0.25, 0.3) is 0 Å². The van der Waals surface area contributed by atoms with Crippen LogP contribution in [-0.4, -0.2) is 57.9 Å². The number of esters is 1. The Kier molecular flexibility index (Phi) is 8.82. The molecule has 0 unspecified atom stereocenters. The zero-order chi connectivity index (χ0) is 15.5. The first kappa shape index (κ1) is 17.8. The number of hydrogen-bond acceptors (Lipinski definition) is 5. The van der Waals surface area contributed by atoms with Gasteiger partial charge in [-0.15, -0.1) is 0 Å². The molecular weight excluding hydrogens is 294 g/mol. The van der Waals surface area contributed by atoms with Crippen LogP contribution in [0, 0.1) is 0 Å². The fraction of sp³-hybridized carbons (Fsp3) is 0.533. The van der Waals surface area contributed by atoms with Crippen LogP contribution in [0.3, 0.4) is 0 Å². The van der Waals surface area contributed by atoms with Crippen LogP contribution in [0.5, 0.6) is 5.75 Å². The second-order valence-corrected chi connectivity index (χ2v) is 4.90. The molecule has 0 fully saturated rings. The SMILES string of the molecule is COCCN(CCOc1ccc(Cl)cc1)CCC(=O)OC. The van der Waals surface area contributed by atoms with Gasteiger partial charge in [0.2, 0.25) is 0 Å². The Labute approximate surface area is 130 Å². The lowest BCUT2D eigenvalue weighted by Gasteiger charge is -2.21. The minimum absolute atomic E-state index is 0.212. The molecule has 1 aromatic carbocycles. The van der Waals surface area contributed by atoms with Gasteiger partial charge in [-0.05, 0) is 24.3 Å². The molecule has 0 atom stereocenters. The van der Waals surface area contributed by atoms with E-state index in [4.69, 9.17) is 21.1 Å². The van der Waals surface area contributed by atoms with Crippen LogP contribution in [0.2, 0.25) is 5.02 Å². The van der Waals surface area contributed by atoms with E-state index < -0.39 is 0 Å². The first-order valence-corrected chi connectivity index (χ1v) is 7.20. The average Bonchev–Trinajstić information content (AvgIpc) is 2.50. The summed E-state index contributed by atoms with van der Waals surface area (Å²) < 4.78 is 15.4. The van der Waals surface area contributed by atoms with Crippen molar-refractivity contribution in [2.75, 3.05) is 47.1 Å². The minimum atomic E-state index is -0.212. The maximum atomic E-state index is 11.2. The van der Waals surface area contributed by atoms with Gasteiger partial charge >= 0.3 is 5.97 Å². The zero-order valence-electron chi connectivity index (χ0n) is 12.5. The lowest BCUT2D eigenvalue weighted by Crippen LogP contribution is -2.33. The van der Waals surface area contributed by atoms with Crippen molar-refractivity contribution in [3.63, 3.8) is 0 Å². The van der Waals surface area contributed by atoms with Gasteiger partial charge in [-0.25, -0.2) is 0 Å². The molecule has 21 heavy (non-hydrogen) atoms. The first-order valence-electron chi connectivity index (χ1n) is 6.82. The molecule has 0 spiro atoms. The van der Waals surface area contributed by atoms with E-state index in [2.05, 4.69) is 9.64 Å². The molecule has 0 radical (unpaired) electrons. The summed E-state index contributed by atoms with van der Waals surface area (Å²) in [4.78, 5) is 13.3. The van der Waals surface area contributed by atoms with Crippen molar-refractivity contribution in [1.29, 1.82) is 0 Å². The van der Waals surface area contributed by atoms with E-state index in [1.54, 1.807) is 19.2 Å². The molecule has 0 bridgehead atoms. The van der Waals surface area contributed by atoms with E-state index >= 15 is 0 Å². The molecule has 0 heterocycles. The fourth-order valence-electron chi connectivity index (χ4n) is 1.73. The summed E-state index contributed by atoms with van der Waals surface area (Å²) in [6.07, 6.45) is 0.362. The highest BCUT2D eigenvalue weighted by Crippen LogP contribution is 2.15. The highest BCUT2D eigenvalue weighted by atomic mass is 35.5. The Morgan fingerprint density at radius 3 is 2.38 bits per heavy atom. The number of carbonyl (C=O) groups excluding carboxylic acids is 1. The van der Waals surface area contributed by atoms with E-state index in [0.717, 1.165) is 12.3 Å². The molecule has 0 aliphatic rings. The number of carbonyl (C=O) groups is 1. The molecule has 0 N–H and O–H groups in total. The molecule has 0 aliphatic carbocycles. The normalized spacial score (nSPS) is 10.7. The Balaban J connectivity index is 2.33. The maximum absolute atomic E-state index is 11.2. The second kappa shape index (κ2) is 10.4. The van der Waals surface area contributed by atoms with Crippen LogP contribution >= 0.6 is 11.6 Å². The smallest absolute Gasteiger partial charge is 0.306 e. The van der Waals surface area contributed by atoms with E-state index in [1.807, 2.05) is 12.1 Å². The predicted molar refractivity (Wildman–Crippen MR) is 81.9 cm³/mol. The average molecular weight is 316 g/mol. The van der Waals surface area contributed by atoms with Gasteiger partial charge in [0, 0.05) is 31.8 Å². The molecule has 6 heteroatoms. The Hall–Kier alpha value is -1.30. The molecule has 118 valence electrons. The summed E-state index contributed by atoms with van der Waals surface area (Å²) in [5.74, 6) is 0.565. The number of halogens is 1. The second-order valence-electron chi connectivity index (χ2n) is 4.46. The molecular formula is C15H22ClNO4. The molecule has 1 aromatic rings. The Morgan fingerprint density at radius 2 is 1.76 bits per heavy atom. The molecule has 0 aliphatic heterocycles. The van der Waals surface area contributed by atoms with Gasteiger partial charge in [-0.3, -0.25) is 9.69 Å². The number of methoxy groups -OCH3 is 2. The highest BCUT2D eigenvalue weighted by Gasteiger charge is 2.08. The van der Waals surface area contributed by atoms with Gasteiger partial charge in [0.15, 0.2) is 0 Å². The lowest BCUT2D eigenvalue weighted by molar-refractivity contribution is -0.141. The van der Waals surface area contributed by atoms with Gasteiger partial charge in [-0.1, -0.05) is 11.6 Å². The third-order valence-corrected chi connectivity index (χ3v) is 3.21. The van der Waals surface area contributed by atoms with Crippen LogP contribution in [0.4, 0.5) is 0 Å². The van der Waals surface area contributed by atoms with Gasteiger partial charge in [0.05, 0.1) is 20.1 Å². The van der Waals surface area contributed by atoms with Crippen molar-refractivity contribution in [2.45, 2.75) is 6.42 Å². The lowest BCUT2D eigenvalue weighted by atomic mass is 10.3. The van der Waals surface area contributed by atoms with E-state index in [-0.39, 0.29) is 5.97 Å². The summed E-state index contributed by atoms with van der Waals surface area (Å²) in [6, 6.07) is 7.24. The topological polar surface area (TPSA) is 48.0 Å². The molecule has 0 aromatic heterocycles. The van der Waals surface area contributed by atoms with Crippen LogP contribution in [0.15, 0.2) is 24.3 Å². The predicted octanol–water partition coefficient (Wildman–Crippen LogP) is 2.23. The maximum Gasteiger partial charge on any atom is 0.306 e. The zero-order valence-corrected chi connectivity index (χ0v) is 13.3. The van der Waals surface area contributed by atoms with Gasteiger partial charge in [0.25, 0.3) is 0 Å². The van der Waals surface area contributed by atoms with E-state index in [9.17, 15) is 4.79 Å². The fourth-order valence-corrected chi connectivity index (χ4v) is 1.86. The largest absolute Gasteiger partial charge is 0.492 e. The Morgan fingerprint density at radius 1 is 1.10 bits per heavy atom. The number of rotatable bonds is 10. The third kappa shape index (κ3) is 7.90. The molecule has 1 rings (SSSR count). The number of benzene rings is 1. The summed E-state index contributed by atoms with van der Waals surface area (Å²) in [6.45, 7) is 3.23. The van der Waals surface area contributed by atoms with Crippen molar-refractivity contribution in [3.8, 4) is 5.75 Å². The van der Waals surface area contributed by atoms with Crippen LogP contribution < -0.4 is 4.74 Å². The van der Waals surface area contributed by atoms with Gasteiger partial charge in [-0.2, -0.15) is 0 Å². The van der Waals surface area contributed by atoms with E-state index in [0.29, 0.717) is 37.7 Å². The van der Waals surface area contributed by atoms with Gasteiger partial charge < -0.3 is 14.2 Å². The Bertz CT molecular complexity index is 411. The third-order valence-electron chi connectivity index (χ3n) is 2.96.